The highest BCUT2D eigenvalue weighted by atomic mass is 16.3. The summed E-state index contributed by atoms with van der Waals surface area (Å²) in [4.78, 5) is 8.41. The summed E-state index contributed by atoms with van der Waals surface area (Å²) < 4.78 is 5.79. The Morgan fingerprint density at radius 1 is 1.18 bits per heavy atom. The van der Waals surface area contributed by atoms with Crippen molar-refractivity contribution in [3.63, 3.8) is 0 Å². The number of anilines is 1. The summed E-state index contributed by atoms with van der Waals surface area (Å²) in [7, 11) is 0. The maximum Gasteiger partial charge on any atom is 0.160 e. The van der Waals surface area contributed by atoms with Gasteiger partial charge >= 0.3 is 0 Å². The highest BCUT2D eigenvalue weighted by Crippen LogP contribution is 2.25. The van der Waals surface area contributed by atoms with Crippen LogP contribution in [0.5, 0.6) is 0 Å². The van der Waals surface area contributed by atoms with Gasteiger partial charge in [-0.15, -0.1) is 0 Å². The number of benzene rings is 1. The monoisotopic (exact) mass is 293 g/mol. The molecule has 0 fully saturated rings. The van der Waals surface area contributed by atoms with Gasteiger partial charge in [0.2, 0.25) is 0 Å². The van der Waals surface area contributed by atoms with Gasteiger partial charge in [0, 0.05) is 17.5 Å². The fourth-order valence-electron chi connectivity index (χ4n) is 2.74. The van der Waals surface area contributed by atoms with Crippen molar-refractivity contribution < 1.29 is 4.42 Å². The Morgan fingerprint density at radius 2 is 2.09 bits per heavy atom. The topological polar surface area (TPSA) is 79.6 Å². The molecule has 0 saturated carbocycles. The second kappa shape index (κ2) is 5.14. The van der Waals surface area contributed by atoms with Crippen molar-refractivity contribution in [2.45, 2.75) is 13.3 Å². The summed E-state index contributed by atoms with van der Waals surface area (Å²) in [6.07, 6.45) is 4.13. The summed E-state index contributed by atoms with van der Waals surface area (Å²) in [5.41, 5.74) is 2.91. The quantitative estimate of drug-likeness (QED) is 0.604. The highest BCUT2D eigenvalue weighted by Gasteiger charge is 2.10. The highest BCUT2D eigenvalue weighted by molar-refractivity contribution is 5.85. The number of rotatable bonds is 4. The summed E-state index contributed by atoms with van der Waals surface area (Å²) in [5, 5.41) is 12.3. The standard InChI is InChI=1S/C16H15N5O/c1-10-11(12-4-2-3-5-14(12)22-10)6-7-17-15-13-8-20-21-16(13)19-9-18-15/h2-5,8-9H,6-7H2,1H3,(H2,17,18,19,20,21). The minimum absolute atomic E-state index is 0.738. The van der Waals surface area contributed by atoms with Crippen LogP contribution in [-0.2, 0) is 6.42 Å². The first kappa shape index (κ1) is 12.8. The molecule has 0 bridgehead atoms. The number of fused-ring (bicyclic) bond motifs is 2. The number of hydrogen-bond donors (Lipinski definition) is 2. The largest absolute Gasteiger partial charge is 0.461 e. The molecule has 0 radical (unpaired) electrons. The molecule has 0 atom stereocenters. The molecule has 0 saturated heterocycles. The van der Waals surface area contributed by atoms with Crippen LogP contribution in [0.1, 0.15) is 11.3 Å². The third kappa shape index (κ3) is 2.09. The number of aryl methyl sites for hydroxylation is 1. The summed E-state index contributed by atoms with van der Waals surface area (Å²) >= 11 is 0. The molecule has 0 spiro atoms. The molecular formula is C16H15N5O. The van der Waals surface area contributed by atoms with Crippen molar-refractivity contribution in [1.82, 2.24) is 20.2 Å². The molecule has 6 nitrogen and oxygen atoms in total. The Balaban J connectivity index is 1.55. The Hall–Kier alpha value is -2.89. The van der Waals surface area contributed by atoms with E-state index in [2.05, 4.69) is 31.5 Å². The SMILES string of the molecule is Cc1oc2ccccc2c1CCNc1ncnc2[nH]ncc12. The van der Waals surface area contributed by atoms with Crippen LogP contribution in [0.2, 0.25) is 0 Å². The van der Waals surface area contributed by atoms with E-state index in [-0.39, 0.29) is 0 Å². The number of para-hydroxylation sites is 1. The lowest BCUT2D eigenvalue weighted by Crippen LogP contribution is -2.07. The van der Waals surface area contributed by atoms with Crippen molar-refractivity contribution in [1.29, 1.82) is 0 Å². The zero-order valence-corrected chi connectivity index (χ0v) is 12.1. The number of nitrogens with zero attached hydrogens (tertiary/aromatic N) is 3. The van der Waals surface area contributed by atoms with Crippen molar-refractivity contribution in [2.24, 2.45) is 0 Å². The van der Waals surface area contributed by atoms with Crippen LogP contribution in [0, 0.1) is 6.92 Å². The maximum atomic E-state index is 5.79. The van der Waals surface area contributed by atoms with Crippen LogP contribution in [0.4, 0.5) is 5.82 Å². The Labute approximate surface area is 126 Å². The number of hydrogen-bond acceptors (Lipinski definition) is 5. The summed E-state index contributed by atoms with van der Waals surface area (Å²) in [6, 6.07) is 8.12. The normalized spacial score (nSPS) is 11.3. The number of nitrogens with one attached hydrogen (secondary N) is 2. The van der Waals surface area contributed by atoms with Crippen LogP contribution >= 0.6 is 0 Å². The third-order valence-electron chi connectivity index (χ3n) is 3.82. The predicted octanol–water partition coefficient (Wildman–Crippen LogP) is 3.06. The van der Waals surface area contributed by atoms with E-state index in [1.165, 1.54) is 17.3 Å². The maximum absolute atomic E-state index is 5.79. The van der Waals surface area contributed by atoms with E-state index in [0.717, 1.165) is 41.2 Å². The number of H-pyrrole nitrogens is 1. The molecule has 2 N–H and O–H groups in total. The zero-order chi connectivity index (χ0) is 14.9. The van der Waals surface area contributed by atoms with Crippen LogP contribution in [0.15, 0.2) is 41.2 Å². The summed E-state index contributed by atoms with van der Waals surface area (Å²) in [5.74, 6) is 1.77. The molecule has 4 aromatic rings. The lowest BCUT2D eigenvalue weighted by molar-refractivity contribution is 0.572. The molecule has 22 heavy (non-hydrogen) atoms. The van der Waals surface area contributed by atoms with Gasteiger partial charge in [0.15, 0.2) is 5.65 Å². The Morgan fingerprint density at radius 3 is 3.05 bits per heavy atom. The van der Waals surface area contributed by atoms with E-state index in [4.69, 9.17) is 4.42 Å². The van der Waals surface area contributed by atoms with Crippen LogP contribution in [0.3, 0.4) is 0 Å². The average molecular weight is 293 g/mol. The van der Waals surface area contributed by atoms with E-state index in [1.54, 1.807) is 6.20 Å². The second-order valence-corrected chi connectivity index (χ2v) is 5.16. The molecule has 110 valence electrons. The third-order valence-corrected chi connectivity index (χ3v) is 3.82. The molecule has 0 unspecified atom stereocenters. The Bertz CT molecular complexity index is 940. The van der Waals surface area contributed by atoms with Gasteiger partial charge in [-0.05, 0) is 19.4 Å². The van der Waals surface area contributed by atoms with Gasteiger partial charge in [0.25, 0.3) is 0 Å². The van der Waals surface area contributed by atoms with E-state index in [9.17, 15) is 0 Å². The molecule has 4 rings (SSSR count). The zero-order valence-electron chi connectivity index (χ0n) is 12.1. The second-order valence-electron chi connectivity index (χ2n) is 5.16. The van der Waals surface area contributed by atoms with Gasteiger partial charge in [-0.25, -0.2) is 9.97 Å². The van der Waals surface area contributed by atoms with Gasteiger partial charge in [-0.3, -0.25) is 5.10 Å². The molecule has 6 heteroatoms. The van der Waals surface area contributed by atoms with Gasteiger partial charge in [-0.2, -0.15) is 5.10 Å². The molecule has 0 aliphatic rings. The minimum Gasteiger partial charge on any atom is -0.461 e. The average Bonchev–Trinajstić information content (AvgIpc) is 3.12. The van der Waals surface area contributed by atoms with E-state index >= 15 is 0 Å². The number of furan rings is 1. The van der Waals surface area contributed by atoms with Crippen molar-refractivity contribution in [2.75, 3.05) is 11.9 Å². The van der Waals surface area contributed by atoms with Crippen molar-refractivity contribution in [3.05, 3.63) is 48.1 Å². The molecule has 3 heterocycles. The van der Waals surface area contributed by atoms with Gasteiger partial charge < -0.3 is 9.73 Å². The number of aromatic nitrogens is 4. The molecular weight excluding hydrogens is 278 g/mol. The van der Waals surface area contributed by atoms with Gasteiger partial charge in [-0.1, -0.05) is 18.2 Å². The fraction of sp³-hybridized carbons (Fsp3) is 0.188. The first-order chi connectivity index (χ1) is 10.8. The van der Waals surface area contributed by atoms with Crippen molar-refractivity contribution in [3.8, 4) is 0 Å². The smallest absolute Gasteiger partial charge is 0.160 e. The minimum atomic E-state index is 0.738. The van der Waals surface area contributed by atoms with Crippen LogP contribution in [-0.4, -0.2) is 26.7 Å². The lowest BCUT2D eigenvalue weighted by atomic mass is 10.1. The van der Waals surface area contributed by atoms with E-state index in [0.29, 0.717) is 0 Å². The molecule has 0 aliphatic heterocycles. The van der Waals surface area contributed by atoms with E-state index in [1.807, 2.05) is 25.1 Å². The Kier molecular flexibility index (Phi) is 3.00. The predicted molar refractivity (Wildman–Crippen MR) is 84.8 cm³/mol. The van der Waals surface area contributed by atoms with E-state index < -0.39 is 0 Å². The van der Waals surface area contributed by atoms with Crippen LogP contribution < -0.4 is 5.32 Å². The molecule has 1 aromatic carbocycles. The lowest BCUT2D eigenvalue weighted by Gasteiger charge is -2.06. The van der Waals surface area contributed by atoms with Crippen LogP contribution in [0.25, 0.3) is 22.0 Å². The molecule has 0 aliphatic carbocycles. The summed E-state index contributed by atoms with van der Waals surface area (Å²) in [6.45, 7) is 2.77. The van der Waals surface area contributed by atoms with Gasteiger partial charge in [0.05, 0.1) is 11.6 Å². The first-order valence-corrected chi connectivity index (χ1v) is 7.18. The number of aromatic amines is 1. The van der Waals surface area contributed by atoms with Gasteiger partial charge in [0.1, 0.15) is 23.5 Å². The molecule has 0 amide bonds. The van der Waals surface area contributed by atoms with Crippen molar-refractivity contribution >= 4 is 27.8 Å². The fourth-order valence-corrected chi connectivity index (χ4v) is 2.74. The first-order valence-electron chi connectivity index (χ1n) is 7.18. The molecule has 3 aromatic heterocycles.